The normalized spacial score (nSPS) is 11.4. The summed E-state index contributed by atoms with van der Waals surface area (Å²) >= 11 is 0. The minimum Gasteiger partial charge on any atom is -0.351 e. The summed E-state index contributed by atoms with van der Waals surface area (Å²) in [5, 5.41) is 2.82. The SMILES string of the molecule is CCCC[N+](C)(C)CCNC(C)=O. The molecule has 3 heteroatoms. The van der Waals surface area contributed by atoms with Crippen molar-refractivity contribution >= 4 is 5.91 Å². The Bertz CT molecular complexity index is 155. The van der Waals surface area contributed by atoms with Crippen LogP contribution in [-0.2, 0) is 4.79 Å². The average molecular weight is 187 g/mol. The summed E-state index contributed by atoms with van der Waals surface area (Å²) in [5.74, 6) is 0.0653. The fourth-order valence-corrected chi connectivity index (χ4v) is 1.23. The van der Waals surface area contributed by atoms with E-state index in [0.29, 0.717) is 0 Å². The summed E-state index contributed by atoms with van der Waals surface area (Å²) in [6.07, 6.45) is 2.49. The smallest absolute Gasteiger partial charge is 0.217 e. The van der Waals surface area contributed by atoms with Gasteiger partial charge in [-0.15, -0.1) is 0 Å². The van der Waals surface area contributed by atoms with Gasteiger partial charge in [0.2, 0.25) is 5.91 Å². The molecule has 1 amide bonds. The first-order valence-corrected chi connectivity index (χ1v) is 5.04. The van der Waals surface area contributed by atoms with Crippen molar-refractivity contribution in [2.24, 2.45) is 0 Å². The van der Waals surface area contributed by atoms with Crippen LogP contribution in [0.3, 0.4) is 0 Å². The first-order valence-electron chi connectivity index (χ1n) is 5.04. The zero-order chi connectivity index (χ0) is 10.3. The van der Waals surface area contributed by atoms with Crippen LogP contribution in [0.15, 0.2) is 0 Å². The van der Waals surface area contributed by atoms with E-state index >= 15 is 0 Å². The number of nitrogens with one attached hydrogen (secondary N) is 1. The Morgan fingerprint density at radius 1 is 1.31 bits per heavy atom. The van der Waals surface area contributed by atoms with Crippen LogP contribution in [0.1, 0.15) is 26.7 Å². The standard InChI is InChI=1S/C10H22N2O/c1-5-6-8-12(3,4)9-7-11-10(2)13/h5-9H2,1-4H3/p+1. The van der Waals surface area contributed by atoms with Gasteiger partial charge >= 0.3 is 0 Å². The zero-order valence-corrected chi connectivity index (χ0v) is 9.39. The highest BCUT2D eigenvalue weighted by atomic mass is 16.1. The van der Waals surface area contributed by atoms with Crippen LogP contribution in [-0.4, -0.2) is 44.1 Å². The number of amides is 1. The first kappa shape index (κ1) is 12.4. The lowest BCUT2D eigenvalue weighted by Gasteiger charge is -2.29. The lowest BCUT2D eigenvalue weighted by atomic mass is 10.3. The average Bonchev–Trinajstić information content (AvgIpc) is 2.00. The molecular formula is C10H23N2O+. The molecule has 0 fully saturated rings. The molecule has 0 bridgehead atoms. The second kappa shape index (κ2) is 5.97. The molecule has 0 unspecified atom stereocenters. The fraction of sp³-hybridized carbons (Fsp3) is 0.900. The van der Waals surface area contributed by atoms with Crippen molar-refractivity contribution < 1.29 is 9.28 Å². The molecule has 0 aromatic heterocycles. The summed E-state index contributed by atoms with van der Waals surface area (Å²) in [6, 6.07) is 0. The molecule has 0 saturated heterocycles. The summed E-state index contributed by atoms with van der Waals surface area (Å²) in [4.78, 5) is 10.6. The molecule has 78 valence electrons. The lowest BCUT2D eigenvalue weighted by Crippen LogP contribution is -2.45. The van der Waals surface area contributed by atoms with Crippen molar-refractivity contribution in [3.8, 4) is 0 Å². The maximum absolute atomic E-state index is 10.6. The highest BCUT2D eigenvalue weighted by Gasteiger charge is 2.13. The second-order valence-electron chi connectivity index (χ2n) is 4.22. The quantitative estimate of drug-likeness (QED) is 0.618. The van der Waals surface area contributed by atoms with Crippen molar-refractivity contribution in [2.75, 3.05) is 33.7 Å². The Labute approximate surface area is 81.7 Å². The molecule has 0 heterocycles. The molecule has 0 aromatic rings. The van der Waals surface area contributed by atoms with Gasteiger partial charge in [-0.1, -0.05) is 13.3 Å². The number of hydrogen-bond donors (Lipinski definition) is 1. The summed E-state index contributed by atoms with van der Waals surface area (Å²) in [7, 11) is 4.41. The molecular weight excluding hydrogens is 164 g/mol. The number of nitrogens with zero attached hydrogens (tertiary/aromatic N) is 1. The van der Waals surface area contributed by atoms with E-state index < -0.39 is 0 Å². The molecule has 0 aliphatic heterocycles. The van der Waals surface area contributed by atoms with Crippen molar-refractivity contribution in [3.63, 3.8) is 0 Å². The topological polar surface area (TPSA) is 29.1 Å². The summed E-state index contributed by atoms with van der Waals surface area (Å²) < 4.78 is 0.994. The van der Waals surface area contributed by atoms with Gasteiger partial charge in [-0.3, -0.25) is 4.79 Å². The Morgan fingerprint density at radius 3 is 2.38 bits per heavy atom. The third kappa shape index (κ3) is 7.78. The van der Waals surface area contributed by atoms with Gasteiger partial charge in [0.05, 0.1) is 33.7 Å². The van der Waals surface area contributed by atoms with Crippen LogP contribution < -0.4 is 5.32 Å². The molecule has 0 aromatic carbocycles. The van der Waals surface area contributed by atoms with Crippen molar-refractivity contribution in [1.29, 1.82) is 0 Å². The molecule has 0 aliphatic carbocycles. The number of carbonyl (C=O) groups excluding carboxylic acids is 1. The largest absolute Gasteiger partial charge is 0.351 e. The number of carbonyl (C=O) groups is 1. The number of rotatable bonds is 6. The van der Waals surface area contributed by atoms with Crippen LogP contribution in [0.5, 0.6) is 0 Å². The van der Waals surface area contributed by atoms with E-state index in [2.05, 4.69) is 26.3 Å². The van der Waals surface area contributed by atoms with Crippen LogP contribution >= 0.6 is 0 Å². The third-order valence-electron chi connectivity index (χ3n) is 2.21. The minimum absolute atomic E-state index is 0.0653. The fourth-order valence-electron chi connectivity index (χ4n) is 1.23. The van der Waals surface area contributed by atoms with Gasteiger partial charge in [-0.05, 0) is 6.42 Å². The third-order valence-corrected chi connectivity index (χ3v) is 2.21. The van der Waals surface area contributed by atoms with Gasteiger partial charge in [0.1, 0.15) is 0 Å². The van der Waals surface area contributed by atoms with E-state index in [1.165, 1.54) is 19.4 Å². The van der Waals surface area contributed by atoms with E-state index in [1.807, 2.05) is 0 Å². The van der Waals surface area contributed by atoms with Gasteiger partial charge in [-0.2, -0.15) is 0 Å². The van der Waals surface area contributed by atoms with Crippen molar-refractivity contribution in [2.45, 2.75) is 26.7 Å². The molecule has 0 rings (SSSR count). The van der Waals surface area contributed by atoms with Gasteiger partial charge in [0, 0.05) is 6.92 Å². The molecule has 0 saturated carbocycles. The molecule has 0 aliphatic rings. The lowest BCUT2D eigenvalue weighted by molar-refractivity contribution is -0.889. The molecule has 1 N–H and O–H groups in total. The summed E-state index contributed by atoms with van der Waals surface area (Å²) in [5.41, 5.74) is 0. The van der Waals surface area contributed by atoms with E-state index in [9.17, 15) is 4.79 Å². The molecule has 3 nitrogen and oxygen atoms in total. The number of hydrogen-bond acceptors (Lipinski definition) is 1. The van der Waals surface area contributed by atoms with Crippen LogP contribution in [0.25, 0.3) is 0 Å². The Hall–Kier alpha value is -0.570. The van der Waals surface area contributed by atoms with Gasteiger partial charge in [-0.25, -0.2) is 0 Å². The number of likely N-dealkylation sites (N-methyl/N-ethyl adjacent to an activating group) is 1. The maximum Gasteiger partial charge on any atom is 0.217 e. The second-order valence-corrected chi connectivity index (χ2v) is 4.22. The van der Waals surface area contributed by atoms with Crippen molar-refractivity contribution in [1.82, 2.24) is 5.32 Å². The highest BCUT2D eigenvalue weighted by molar-refractivity contribution is 5.72. The monoisotopic (exact) mass is 187 g/mol. The predicted octanol–water partition coefficient (Wildman–Crippen LogP) is 0.999. The summed E-state index contributed by atoms with van der Waals surface area (Å²) in [6.45, 7) is 6.75. The van der Waals surface area contributed by atoms with Crippen LogP contribution in [0.2, 0.25) is 0 Å². The van der Waals surface area contributed by atoms with E-state index in [4.69, 9.17) is 0 Å². The predicted molar refractivity (Wildman–Crippen MR) is 55.4 cm³/mol. The highest BCUT2D eigenvalue weighted by Crippen LogP contribution is 1.99. The van der Waals surface area contributed by atoms with E-state index in [1.54, 1.807) is 6.92 Å². The van der Waals surface area contributed by atoms with Gasteiger partial charge < -0.3 is 9.80 Å². The Morgan fingerprint density at radius 2 is 1.92 bits per heavy atom. The molecule has 0 spiro atoms. The van der Waals surface area contributed by atoms with Gasteiger partial charge in [0.15, 0.2) is 0 Å². The van der Waals surface area contributed by atoms with Gasteiger partial charge in [0.25, 0.3) is 0 Å². The molecule has 13 heavy (non-hydrogen) atoms. The maximum atomic E-state index is 10.6. The number of unbranched alkanes of at least 4 members (excludes halogenated alkanes) is 1. The van der Waals surface area contributed by atoms with E-state index in [0.717, 1.165) is 17.6 Å². The van der Waals surface area contributed by atoms with E-state index in [-0.39, 0.29) is 5.91 Å². The van der Waals surface area contributed by atoms with Crippen LogP contribution in [0.4, 0.5) is 0 Å². The Kier molecular flexibility index (Phi) is 5.71. The number of quaternary nitrogens is 1. The molecule has 0 radical (unpaired) electrons. The minimum atomic E-state index is 0.0653. The van der Waals surface area contributed by atoms with Crippen molar-refractivity contribution in [3.05, 3.63) is 0 Å². The van der Waals surface area contributed by atoms with Crippen LogP contribution in [0, 0.1) is 0 Å². The first-order chi connectivity index (χ1) is 5.98. The molecule has 0 atom stereocenters. The Balaban J connectivity index is 3.56. The zero-order valence-electron chi connectivity index (χ0n) is 9.39.